The van der Waals surface area contributed by atoms with Gasteiger partial charge in [0.05, 0.1) is 11.2 Å². The minimum absolute atomic E-state index is 1.16. The van der Waals surface area contributed by atoms with Crippen molar-refractivity contribution < 1.29 is 0 Å². The maximum Gasteiger partial charge on any atom is 0.0984 e. The molecule has 1 heterocycles. The van der Waals surface area contributed by atoms with Gasteiger partial charge in [0.15, 0.2) is 0 Å². The molecule has 2 rings (SSSR count). The van der Waals surface area contributed by atoms with Crippen molar-refractivity contribution in [1.29, 1.82) is 0 Å². The third-order valence-corrected chi connectivity index (χ3v) is 2.86. The Bertz CT molecular complexity index is 381. The van der Waals surface area contributed by atoms with Crippen LogP contribution in [-0.2, 0) is 7.05 Å². The van der Waals surface area contributed by atoms with Crippen molar-refractivity contribution in [3.63, 3.8) is 0 Å². The van der Waals surface area contributed by atoms with Crippen LogP contribution in [0.4, 0.5) is 0 Å². The minimum atomic E-state index is 1.16. The van der Waals surface area contributed by atoms with Crippen molar-refractivity contribution in [3.8, 4) is 0 Å². The van der Waals surface area contributed by atoms with Crippen molar-refractivity contribution in [2.75, 3.05) is 0 Å². The SMILES string of the molecule is Cn1nccc1Sc1ccccc1. The Morgan fingerprint density at radius 1 is 1.15 bits per heavy atom. The zero-order valence-corrected chi connectivity index (χ0v) is 8.16. The van der Waals surface area contributed by atoms with E-state index in [0.717, 1.165) is 5.03 Å². The number of aromatic nitrogens is 2. The quantitative estimate of drug-likeness (QED) is 0.724. The largest absolute Gasteiger partial charge is 0.262 e. The van der Waals surface area contributed by atoms with E-state index in [0.29, 0.717) is 0 Å². The molecule has 66 valence electrons. The van der Waals surface area contributed by atoms with Crippen molar-refractivity contribution in [1.82, 2.24) is 9.78 Å². The van der Waals surface area contributed by atoms with Gasteiger partial charge in [0.2, 0.25) is 0 Å². The summed E-state index contributed by atoms with van der Waals surface area (Å²) in [6.07, 6.45) is 1.81. The second-order valence-electron chi connectivity index (χ2n) is 2.71. The maximum atomic E-state index is 4.11. The number of benzene rings is 1. The second kappa shape index (κ2) is 3.66. The van der Waals surface area contributed by atoms with Crippen LogP contribution >= 0.6 is 11.8 Å². The van der Waals surface area contributed by atoms with Crippen LogP contribution in [0.1, 0.15) is 0 Å². The molecule has 1 aromatic heterocycles. The molecule has 0 radical (unpaired) electrons. The summed E-state index contributed by atoms with van der Waals surface area (Å²) >= 11 is 1.72. The topological polar surface area (TPSA) is 17.8 Å². The lowest BCUT2D eigenvalue weighted by atomic mass is 10.4. The molecule has 0 fully saturated rings. The van der Waals surface area contributed by atoms with Gasteiger partial charge < -0.3 is 0 Å². The minimum Gasteiger partial charge on any atom is -0.262 e. The number of aryl methyl sites for hydroxylation is 1. The first-order valence-electron chi connectivity index (χ1n) is 4.07. The Morgan fingerprint density at radius 2 is 1.92 bits per heavy atom. The van der Waals surface area contributed by atoms with Gasteiger partial charge in [0.25, 0.3) is 0 Å². The van der Waals surface area contributed by atoms with Crippen LogP contribution in [0.5, 0.6) is 0 Å². The molecule has 13 heavy (non-hydrogen) atoms. The summed E-state index contributed by atoms with van der Waals surface area (Å²) in [7, 11) is 1.95. The monoisotopic (exact) mass is 190 g/mol. The molecule has 0 aliphatic rings. The molecular formula is C10H10N2S. The van der Waals surface area contributed by atoms with Gasteiger partial charge in [-0.3, -0.25) is 4.68 Å². The fraction of sp³-hybridized carbons (Fsp3) is 0.100. The molecule has 3 heteroatoms. The predicted octanol–water partition coefficient (Wildman–Crippen LogP) is 2.57. The highest BCUT2D eigenvalue weighted by atomic mass is 32.2. The van der Waals surface area contributed by atoms with E-state index in [9.17, 15) is 0 Å². The van der Waals surface area contributed by atoms with E-state index in [-0.39, 0.29) is 0 Å². The van der Waals surface area contributed by atoms with Crippen molar-refractivity contribution in [2.45, 2.75) is 9.92 Å². The first-order chi connectivity index (χ1) is 6.36. The Kier molecular flexibility index (Phi) is 2.36. The maximum absolute atomic E-state index is 4.11. The third-order valence-electron chi connectivity index (χ3n) is 1.74. The highest BCUT2D eigenvalue weighted by Gasteiger charge is 1.99. The number of rotatable bonds is 2. The lowest BCUT2D eigenvalue weighted by molar-refractivity contribution is 0.699. The average Bonchev–Trinajstić information content (AvgIpc) is 2.54. The lowest BCUT2D eigenvalue weighted by Crippen LogP contribution is -1.90. The zero-order valence-electron chi connectivity index (χ0n) is 7.34. The van der Waals surface area contributed by atoms with Gasteiger partial charge in [-0.25, -0.2) is 0 Å². The van der Waals surface area contributed by atoms with Crippen LogP contribution in [-0.4, -0.2) is 9.78 Å². The van der Waals surface area contributed by atoms with Crippen LogP contribution in [0, 0.1) is 0 Å². The van der Waals surface area contributed by atoms with Gasteiger partial charge in [-0.05, 0) is 18.2 Å². The molecule has 1 aromatic carbocycles. The summed E-state index contributed by atoms with van der Waals surface area (Å²) in [6.45, 7) is 0. The van der Waals surface area contributed by atoms with Gasteiger partial charge in [0, 0.05) is 11.9 Å². The summed E-state index contributed by atoms with van der Waals surface area (Å²) in [4.78, 5) is 1.24. The standard InChI is InChI=1S/C10H10N2S/c1-12-10(7-8-11-12)13-9-5-3-2-4-6-9/h2-8H,1H3. The molecule has 0 saturated carbocycles. The molecule has 0 bridgehead atoms. The highest BCUT2D eigenvalue weighted by Crippen LogP contribution is 2.25. The summed E-state index contributed by atoms with van der Waals surface area (Å²) in [5.74, 6) is 0. The van der Waals surface area contributed by atoms with E-state index in [1.54, 1.807) is 11.8 Å². The van der Waals surface area contributed by atoms with E-state index in [1.165, 1.54) is 4.90 Å². The second-order valence-corrected chi connectivity index (χ2v) is 3.80. The smallest absolute Gasteiger partial charge is 0.0984 e. The highest BCUT2D eigenvalue weighted by molar-refractivity contribution is 7.99. The molecule has 0 N–H and O–H groups in total. The Hall–Kier alpha value is -1.22. The molecule has 0 aliphatic carbocycles. The number of hydrogen-bond donors (Lipinski definition) is 0. The van der Waals surface area contributed by atoms with Gasteiger partial charge in [-0.15, -0.1) is 0 Å². The number of nitrogens with zero attached hydrogens (tertiary/aromatic N) is 2. The van der Waals surface area contributed by atoms with Gasteiger partial charge >= 0.3 is 0 Å². The van der Waals surface area contributed by atoms with E-state index in [1.807, 2.05) is 42.2 Å². The van der Waals surface area contributed by atoms with Crippen molar-refractivity contribution >= 4 is 11.8 Å². The molecule has 2 aromatic rings. The van der Waals surface area contributed by atoms with E-state index in [4.69, 9.17) is 0 Å². The molecule has 0 atom stereocenters. The summed E-state index contributed by atoms with van der Waals surface area (Å²) in [5.41, 5.74) is 0. The fourth-order valence-corrected chi connectivity index (χ4v) is 1.91. The van der Waals surface area contributed by atoms with Crippen LogP contribution in [0.15, 0.2) is 52.5 Å². The first-order valence-corrected chi connectivity index (χ1v) is 4.89. The predicted molar refractivity (Wildman–Crippen MR) is 53.8 cm³/mol. The van der Waals surface area contributed by atoms with E-state index >= 15 is 0 Å². The Balaban J connectivity index is 2.20. The summed E-state index contributed by atoms with van der Waals surface area (Å²) in [5, 5.41) is 5.27. The van der Waals surface area contributed by atoms with Gasteiger partial charge in [-0.2, -0.15) is 5.10 Å². The molecular weight excluding hydrogens is 180 g/mol. The van der Waals surface area contributed by atoms with E-state index < -0.39 is 0 Å². The normalized spacial score (nSPS) is 10.2. The Morgan fingerprint density at radius 3 is 2.54 bits per heavy atom. The molecule has 0 unspecified atom stereocenters. The van der Waals surface area contributed by atoms with Crippen LogP contribution in [0.2, 0.25) is 0 Å². The third kappa shape index (κ3) is 1.92. The van der Waals surface area contributed by atoms with Gasteiger partial charge in [-0.1, -0.05) is 30.0 Å². The van der Waals surface area contributed by atoms with Crippen LogP contribution in [0.3, 0.4) is 0 Å². The fourth-order valence-electron chi connectivity index (χ4n) is 1.07. The van der Waals surface area contributed by atoms with Crippen LogP contribution < -0.4 is 0 Å². The zero-order chi connectivity index (χ0) is 9.10. The molecule has 0 spiro atoms. The molecule has 0 saturated heterocycles. The van der Waals surface area contributed by atoms with Gasteiger partial charge in [0.1, 0.15) is 0 Å². The first kappa shape index (κ1) is 8.38. The molecule has 0 aliphatic heterocycles. The summed E-state index contributed by atoms with van der Waals surface area (Å²) in [6, 6.07) is 12.3. The number of hydrogen-bond acceptors (Lipinski definition) is 2. The van der Waals surface area contributed by atoms with Crippen molar-refractivity contribution in [2.24, 2.45) is 7.05 Å². The summed E-state index contributed by atoms with van der Waals surface area (Å²) < 4.78 is 1.87. The molecule has 0 amide bonds. The average molecular weight is 190 g/mol. The van der Waals surface area contributed by atoms with Crippen LogP contribution in [0.25, 0.3) is 0 Å². The van der Waals surface area contributed by atoms with E-state index in [2.05, 4.69) is 17.2 Å². The Labute approximate surface area is 81.6 Å². The van der Waals surface area contributed by atoms with Crippen molar-refractivity contribution in [3.05, 3.63) is 42.6 Å². The molecule has 2 nitrogen and oxygen atoms in total. The lowest BCUT2D eigenvalue weighted by Gasteiger charge is -2.00.